The van der Waals surface area contributed by atoms with Gasteiger partial charge in [0.2, 0.25) is 5.91 Å². The number of carbonyl (C=O) groups is 2. The van der Waals surface area contributed by atoms with Crippen LogP contribution in [0.2, 0.25) is 0 Å². The normalized spacial score (nSPS) is 12.7. The molecule has 0 atom stereocenters. The van der Waals surface area contributed by atoms with Crippen molar-refractivity contribution in [2.45, 2.75) is 20.0 Å². The lowest BCUT2D eigenvalue weighted by molar-refractivity contribution is -0.116. The van der Waals surface area contributed by atoms with Crippen LogP contribution in [-0.4, -0.2) is 27.8 Å². The lowest BCUT2D eigenvalue weighted by atomic mass is 10.1. The average Bonchev–Trinajstić information content (AvgIpc) is 3.02. The molecule has 4 rings (SSSR count). The Balaban J connectivity index is 1.44. The Bertz CT molecular complexity index is 1130. The number of benzene rings is 2. The number of anilines is 1. The van der Waals surface area contributed by atoms with Crippen LogP contribution in [0.25, 0.3) is 0 Å². The minimum atomic E-state index is -0.392. The molecule has 2 amide bonds. The first-order valence-electron chi connectivity index (χ1n) is 9.43. The highest BCUT2D eigenvalue weighted by molar-refractivity contribution is 6.02. The molecule has 0 saturated carbocycles. The van der Waals surface area contributed by atoms with Gasteiger partial charge in [0.1, 0.15) is 12.2 Å². The minimum absolute atomic E-state index is 0.0974. The number of fused-ring (bicyclic) bond motifs is 1. The summed E-state index contributed by atoms with van der Waals surface area (Å²) in [5, 5.41) is 2.65. The van der Waals surface area contributed by atoms with Gasteiger partial charge < -0.3 is 14.8 Å². The molecule has 0 spiro atoms. The summed E-state index contributed by atoms with van der Waals surface area (Å²) < 4.78 is 1.55. The van der Waals surface area contributed by atoms with Gasteiger partial charge in [0.15, 0.2) is 0 Å². The third-order valence-electron chi connectivity index (χ3n) is 5.00. The van der Waals surface area contributed by atoms with Crippen LogP contribution in [0, 0.1) is 6.92 Å². The monoisotopic (exact) mass is 387 g/mol. The fraction of sp³-hybridized carbons (Fsp3) is 0.174. The zero-order valence-corrected chi connectivity index (χ0v) is 16.1. The van der Waals surface area contributed by atoms with E-state index < -0.39 is 5.91 Å². The number of hydrogen-bond donors (Lipinski definition) is 1. The Morgan fingerprint density at radius 1 is 1.00 bits per heavy atom. The molecule has 29 heavy (non-hydrogen) atoms. The molecule has 3 aromatic rings. The number of hydrogen-bond acceptors (Lipinski definition) is 3. The van der Waals surface area contributed by atoms with E-state index in [0.717, 1.165) is 16.7 Å². The molecule has 0 radical (unpaired) electrons. The first-order chi connectivity index (χ1) is 14.0. The average molecular weight is 387 g/mol. The van der Waals surface area contributed by atoms with Crippen LogP contribution in [0.3, 0.4) is 0 Å². The third kappa shape index (κ3) is 3.96. The fourth-order valence-electron chi connectivity index (χ4n) is 3.45. The second-order valence-corrected chi connectivity index (χ2v) is 7.21. The van der Waals surface area contributed by atoms with Crippen molar-refractivity contribution in [2.24, 2.45) is 0 Å². The van der Waals surface area contributed by atoms with Crippen LogP contribution in [0.15, 0.2) is 71.7 Å². The molecule has 2 aromatic carbocycles. The Labute approximate surface area is 168 Å². The molecule has 1 N–H and O–H groups in total. The summed E-state index contributed by atoms with van der Waals surface area (Å²) in [6, 6.07) is 18.6. The van der Waals surface area contributed by atoms with Gasteiger partial charge in [-0.05, 0) is 36.2 Å². The van der Waals surface area contributed by atoms with Crippen molar-refractivity contribution in [3.8, 4) is 0 Å². The fourth-order valence-corrected chi connectivity index (χ4v) is 3.45. The minimum Gasteiger partial charge on any atom is -0.325 e. The molecule has 1 aliphatic rings. The van der Waals surface area contributed by atoms with Crippen molar-refractivity contribution in [2.75, 3.05) is 11.9 Å². The summed E-state index contributed by atoms with van der Waals surface area (Å²) in [4.78, 5) is 39.1. The lowest BCUT2D eigenvalue weighted by Gasteiger charge is -2.15. The van der Waals surface area contributed by atoms with Crippen molar-refractivity contribution in [3.63, 3.8) is 0 Å². The number of pyridine rings is 1. The molecular weight excluding hydrogens is 366 g/mol. The van der Waals surface area contributed by atoms with E-state index in [2.05, 4.69) is 5.32 Å². The quantitative estimate of drug-likeness (QED) is 0.732. The number of nitrogens with zero attached hydrogens (tertiary/aromatic N) is 2. The molecule has 0 aliphatic carbocycles. The molecular formula is C23H21N3O3. The van der Waals surface area contributed by atoms with Gasteiger partial charge in [-0.3, -0.25) is 14.4 Å². The number of aryl methyl sites for hydroxylation is 1. The van der Waals surface area contributed by atoms with E-state index in [1.165, 1.54) is 4.90 Å². The predicted molar refractivity (Wildman–Crippen MR) is 111 cm³/mol. The van der Waals surface area contributed by atoms with Gasteiger partial charge in [-0.15, -0.1) is 0 Å². The van der Waals surface area contributed by atoms with Crippen LogP contribution in [0.1, 0.15) is 27.0 Å². The van der Waals surface area contributed by atoms with Crippen molar-refractivity contribution < 1.29 is 9.59 Å². The van der Waals surface area contributed by atoms with Gasteiger partial charge in [-0.1, -0.05) is 48.0 Å². The first kappa shape index (κ1) is 18.7. The summed E-state index contributed by atoms with van der Waals surface area (Å²) in [7, 11) is 0. The second kappa shape index (κ2) is 7.75. The van der Waals surface area contributed by atoms with Crippen LogP contribution in [-0.2, 0) is 17.9 Å². The zero-order valence-electron chi connectivity index (χ0n) is 16.1. The lowest BCUT2D eigenvalue weighted by Crippen LogP contribution is -2.35. The Morgan fingerprint density at radius 2 is 1.76 bits per heavy atom. The third-order valence-corrected chi connectivity index (χ3v) is 5.00. The van der Waals surface area contributed by atoms with E-state index in [9.17, 15) is 14.4 Å². The van der Waals surface area contributed by atoms with Crippen molar-refractivity contribution in [1.29, 1.82) is 0 Å². The van der Waals surface area contributed by atoms with Gasteiger partial charge >= 0.3 is 0 Å². The molecule has 6 heteroatoms. The Kier molecular flexibility index (Phi) is 4.99. The van der Waals surface area contributed by atoms with Crippen molar-refractivity contribution in [3.05, 3.63) is 99.5 Å². The Hall–Kier alpha value is -3.67. The number of rotatable bonds is 5. The standard InChI is InChI=1S/C23H21N3O3/c1-16-8-10-17(11-9-16)13-25-12-4-7-20(23(25)29)24-21(27)15-26-14-18-5-2-3-6-19(18)22(26)28/h2-12H,13-15H2,1H3,(H,24,27). The maximum absolute atomic E-state index is 12.7. The van der Waals surface area contributed by atoms with Crippen LogP contribution >= 0.6 is 0 Å². The van der Waals surface area contributed by atoms with E-state index >= 15 is 0 Å². The van der Waals surface area contributed by atoms with E-state index in [4.69, 9.17) is 0 Å². The van der Waals surface area contributed by atoms with Gasteiger partial charge in [0.25, 0.3) is 11.5 Å². The number of aromatic nitrogens is 1. The highest BCUT2D eigenvalue weighted by Crippen LogP contribution is 2.21. The van der Waals surface area contributed by atoms with E-state index in [1.54, 1.807) is 35.0 Å². The van der Waals surface area contributed by atoms with Crippen molar-refractivity contribution >= 4 is 17.5 Å². The predicted octanol–water partition coefficient (Wildman–Crippen LogP) is 2.80. The molecule has 0 unspecified atom stereocenters. The molecule has 0 saturated heterocycles. The highest BCUT2D eigenvalue weighted by atomic mass is 16.2. The van der Waals surface area contributed by atoms with E-state index in [0.29, 0.717) is 18.7 Å². The van der Waals surface area contributed by atoms with Gasteiger partial charge in [-0.2, -0.15) is 0 Å². The SMILES string of the molecule is Cc1ccc(Cn2cccc(NC(=O)CN3Cc4ccccc4C3=O)c2=O)cc1. The smallest absolute Gasteiger partial charge is 0.274 e. The molecule has 0 bridgehead atoms. The van der Waals surface area contributed by atoms with Crippen LogP contribution in [0.4, 0.5) is 5.69 Å². The van der Waals surface area contributed by atoms with Crippen molar-refractivity contribution in [1.82, 2.24) is 9.47 Å². The van der Waals surface area contributed by atoms with Crippen LogP contribution < -0.4 is 10.9 Å². The summed E-state index contributed by atoms with van der Waals surface area (Å²) in [5.74, 6) is -0.558. The zero-order chi connectivity index (χ0) is 20.4. The summed E-state index contributed by atoms with van der Waals surface area (Å²) in [6.45, 7) is 2.73. The molecule has 146 valence electrons. The maximum atomic E-state index is 12.7. The number of amides is 2. The summed E-state index contributed by atoms with van der Waals surface area (Å²) in [5.41, 5.74) is 3.61. The maximum Gasteiger partial charge on any atom is 0.274 e. The second-order valence-electron chi connectivity index (χ2n) is 7.21. The van der Waals surface area contributed by atoms with E-state index in [-0.39, 0.29) is 23.7 Å². The van der Waals surface area contributed by atoms with Crippen LogP contribution in [0.5, 0.6) is 0 Å². The summed E-state index contributed by atoms with van der Waals surface area (Å²) in [6.07, 6.45) is 1.69. The molecule has 1 aliphatic heterocycles. The van der Waals surface area contributed by atoms with E-state index in [1.807, 2.05) is 43.3 Å². The first-order valence-corrected chi connectivity index (χ1v) is 9.43. The molecule has 2 heterocycles. The van der Waals surface area contributed by atoms with Gasteiger partial charge in [0, 0.05) is 18.3 Å². The molecule has 6 nitrogen and oxygen atoms in total. The number of carbonyl (C=O) groups excluding carboxylic acids is 2. The number of nitrogens with one attached hydrogen (secondary N) is 1. The highest BCUT2D eigenvalue weighted by Gasteiger charge is 2.28. The Morgan fingerprint density at radius 3 is 2.52 bits per heavy atom. The molecule has 0 fully saturated rings. The van der Waals surface area contributed by atoms with Gasteiger partial charge in [-0.25, -0.2) is 0 Å². The van der Waals surface area contributed by atoms with Gasteiger partial charge in [0.05, 0.1) is 6.54 Å². The molecule has 1 aromatic heterocycles. The topological polar surface area (TPSA) is 71.4 Å². The summed E-state index contributed by atoms with van der Waals surface area (Å²) >= 11 is 0. The largest absolute Gasteiger partial charge is 0.325 e.